The van der Waals surface area contributed by atoms with Gasteiger partial charge in [0.2, 0.25) is 0 Å². The molecular weight excluding hydrogens is 272 g/mol. The first kappa shape index (κ1) is 13.4. The van der Waals surface area contributed by atoms with Crippen LogP contribution in [0.4, 0.5) is 0 Å². The van der Waals surface area contributed by atoms with Crippen molar-refractivity contribution < 1.29 is 9.53 Å². The van der Waals surface area contributed by atoms with Crippen LogP contribution in [0.5, 0.6) is 0 Å². The van der Waals surface area contributed by atoms with Gasteiger partial charge in [-0.15, -0.1) is 11.3 Å². The molecule has 2 aromatic rings. The molecule has 0 atom stereocenters. The maximum atomic E-state index is 12.8. The molecule has 0 unspecified atom stereocenters. The standard InChI is InChI=1S/C15H18N2O2S/c1-11-12(2)20-15(17-5-3-4-6-17)13(11)14(18)16-7-9-19-10-8-16/h3-6H,7-10H2,1-2H3. The van der Waals surface area contributed by atoms with Crippen LogP contribution in [0.1, 0.15) is 20.8 Å². The number of aryl methyl sites for hydroxylation is 1. The highest BCUT2D eigenvalue weighted by Crippen LogP contribution is 2.32. The average Bonchev–Trinajstić information content (AvgIpc) is 3.09. The number of aromatic nitrogens is 1. The van der Waals surface area contributed by atoms with Gasteiger partial charge in [0.1, 0.15) is 5.00 Å². The number of amides is 1. The second-order valence-corrected chi connectivity index (χ2v) is 6.16. The summed E-state index contributed by atoms with van der Waals surface area (Å²) in [5, 5.41) is 1.02. The minimum absolute atomic E-state index is 0.124. The first-order valence-electron chi connectivity index (χ1n) is 6.79. The van der Waals surface area contributed by atoms with Gasteiger partial charge in [0.05, 0.1) is 18.8 Å². The van der Waals surface area contributed by atoms with E-state index in [0.717, 1.165) is 16.1 Å². The summed E-state index contributed by atoms with van der Waals surface area (Å²) < 4.78 is 7.35. The number of ether oxygens (including phenoxy) is 1. The Morgan fingerprint density at radius 2 is 1.85 bits per heavy atom. The Balaban J connectivity index is 2.01. The van der Waals surface area contributed by atoms with Gasteiger partial charge in [-0.3, -0.25) is 4.79 Å². The lowest BCUT2D eigenvalue weighted by molar-refractivity contribution is 0.0303. The zero-order chi connectivity index (χ0) is 14.1. The smallest absolute Gasteiger partial charge is 0.257 e. The Morgan fingerprint density at radius 1 is 1.20 bits per heavy atom. The van der Waals surface area contributed by atoms with Gasteiger partial charge >= 0.3 is 0 Å². The molecule has 0 saturated carbocycles. The fourth-order valence-corrected chi connectivity index (χ4v) is 3.55. The van der Waals surface area contributed by atoms with Gasteiger partial charge in [0, 0.05) is 30.4 Å². The number of carbonyl (C=O) groups is 1. The van der Waals surface area contributed by atoms with Crippen LogP contribution >= 0.6 is 11.3 Å². The summed E-state index contributed by atoms with van der Waals surface area (Å²) in [5.41, 5.74) is 1.93. The van der Waals surface area contributed by atoms with Crippen LogP contribution in [-0.2, 0) is 4.74 Å². The maximum Gasteiger partial charge on any atom is 0.257 e. The largest absolute Gasteiger partial charge is 0.378 e. The van der Waals surface area contributed by atoms with Crippen molar-refractivity contribution in [3.8, 4) is 5.00 Å². The summed E-state index contributed by atoms with van der Waals surface area (Å²) in [4.78, 5) is 15.9. The minimum Gasteiger partial charge on any atom is -0.378 e. The van der Waals surface area contributed by atoms with E-state index in [-0.39, 0.29) is 5.91 Å². The zero-order valence-electron chi connectivity index (χ0n) is 11.8. The summed E-state index contributed by atoms with van der Waals surface area (Å²) in [5.74, 6) is 0.124. The van der Waals surface area contributed by atoms with Crippen molar-refractivity contribution in [3.05, 3.63) is 40.5 Å². The topological polar surface area (TPSA) is 34.5 Å². The van der Waals surface area contributed by atoms with E-state index >= 15 is 0 Å². The number of nitrogens with zero attached hydrogens (tertiary/aromatic N) is 2. The normalized spacial score (nSPS) is 15.6. The lowest BCUT2D eigenvalue weighted by Crippen LogP contribution is -2.41. The fraction of sp³-hybridized carbons (Fsp3) is 0.400. The van der Waals surface area contributed by atoms with Crippen LogP contribution in [0.3, 0.4) is 0 Å². The summed E-state index contributed by atoms with van der Waals surface area (Å²) in [6.45, 7) is 6.73. The summed E-state index contributed by atoms with van der Waals surface area (Å²) in [7, 11) is 0. The number of carbonyl (C=O) groups excluding carboxylic acids is 1. The highest BCUT2D eigenvalue weighted by molar-refractivity contribution is 7.15. The Kier molecular flexibility index (Phi) is 3.63. The lowest BCUT2D eigenvalue weighted by Gasteiger charge is -2.27. The molecule has 20 heavy (non-hydrogen) atoms. The van der Waals surface area contributed by atoms with Gasteiger partial charge in [-0.1, -0.05) is 0 Å². The molecule has 0 aliphatic carbocycles. The molecule has 0 bridgehead atoms. The molecule has 1 saturated heterocycles. The predicted octanol–water partition coefficient (Wildman–Crippen LogP) is 2.63. The molecule has 0 radical (unpaired) electrons. The second-order valence-electron chi connectivity index (χ2n) is 4.96. The molecule has 0 spiro atoms. The molecule has 106 valence electrons. The van der Waals surface area contributed by atoms with E-state index in [1.165, 1.54) is 4.88 Å². The molecule has 1 aliphatic rings. The van der Waals surface area contributed by atoms with E-state index < -0.39 is 0 Å². The third-order valence-corrected chi connectivity index (χ3v) is 4.94. The molecule has 4 nitrogen and oxygen atoms in total. The quantitative estimate of drug-likeness (QED) is 0.852. The number of hydrogen-bond acceptors (Lipinski definition) is 3. The second kappa shape index (κ2) is 5.42. The Labute approximate surface area is 122 Å². The molecule has 0 aromatic carbocycles. The maximum absolute atomic E-state index is 12.8. The van der Waals surface area contributed by atoms with Gasteiger partial charge < -0.3 is 14.2 Å². The number of thiophene rings is 1. The molecule has 3 rings (SSSR count). The van der Waals surface area contributed by atoms with Crippen molar-refractivity contribution in [1.29, 1.82) is 0 Å². The van der Waals surface area contributed by atoms with Gasteiger partial charge in [-0.2, -0.15) is 0 Å². The van der Waals surface area contributed by atoms with Crippen LogP contribution in [0.15, 0.2) is 24.5 Å². The highest BCUT2D eigenvalue weighted by Gasteiger charge is 2.26. The number of rotatable bonds is 2. The summed E-state index contributed by atoms with van der Waals surface area (Å²) in [6.07, 6.45) is 3.97. The monoisotopic (exact) mass is 290 g/mol. The fourth-order valence-electron chi connectivity index (χ4n) is 2.44. The van der Waals surface area contributed by atoms with Crippen LogP contribution in [0, 0.1) is 13.8 Å². The van der Waals surface area contributed by atoms with Crippen LogP contribution in [0.2, 0.25) is 0 Å². The van der Waals surface area contributed by atoms with Crippen molar-refractivity contribution in [2.24, 2.45) is 0 Å². The van der Waals surface area contributed by atoms with E-state index in [2.05, 4.69) is 6.92 Å². The van der Waals surface area contributed by atoms with Gasteiger partial charge in [0.15, 0.2) is 0 Å². The van der Waals surface area contributed by atoms with Crippen molar-refractivity contribution in [2.75, 3.05) is 26.3 Å². The first-order chi connectivity index (χ1) is 9.68. The van der Waals surface area contributed by atoms with Crippen molar-refractivity contribution in [2.45, 2.75) is 13.8 Å². The highest BCUT2D eigenvalue weighted by atomic mass is 32.1. The molecule has 2 aromatic heterocycles. The van der Waals surface area contributed by atoms with Crippen LogP contribution in [-0.4, -0.2) is 41.7 Å². The molecule has 5 heteroatoms. The van der Waals surface area contributed by atoms with Gasteiger partial charge in [-0.25, -0.2) is 0 Å². The SMILES string of the molecule is Cc1sc(-n2cccc2)c(C(=O)N2CCOCC2)c1C. The van der Waals surface area contributed by atoms with Crippen molar-refractivity contribution in [3.63, 3.8) is 0 Å². The summed E-state index contributed by atoms with van der Waals surface area (Å²) in [6, 6.07) is 3.96. The minimum atomic E-state index is 0.124. The molecule has 3 heterocycles. The van der Waals surface area contributed by atoms with E-state index in [9.17, 15) is 4.79 Å². The van der Waals surface area contributed by atoms with E-state index in [0.29, 0.717) is 26.3 Å². The Morgan fingerprint density at radius 3 is 2.50 bits per heavy atom. The van der Waals surface area contributed by atoms with Crippen LogP contribution < -0.4 is 0 Å². The molecule has 1 fully saturated rings. The Bertz CT molecular complexity index is 610. The zero-order valence-corrected chi connectivity index (χ0v) is 12.6. The summed E-state index contributed by atoms with van der Waals surface area (Å²) >= 11 is 1.68. The van der Waals surface area contributed by atoms with E-state index in [1.54, 1.807) is 11.3 Å². The number of morpholine rings is 1. The lowest BCUT2D eigenvalue weighted by atomic mass is 10.1. The van der Waals surface area contributed by atoms with E-state index in [4.69, 9.17) is 4.74 Å². The molecular formula is C15H18N2O2S. The molecule has 1 aliphatic heterocycles. The predicted molar refractivity (Wildman–Crippen MR) is 79.8 cm³/mol. The molecule has 1 amide bonds. The van der Waals surface area contributed by atoms with Gasteiger partial charge in [-0.05, 0) is 31.5 Å². The van der Waals surface area contributed by atoms with Crippen LogP contribution in [0.25, 0.3) is 5.00 Å². The Hall–Kier alpha value is -1.59. The first-order valence-corrected chi connectivity index (χ1v) is 7.60. The third kappa shape index (κ3) is 2.27. The van der Waals surface area contributed by atoms with Gasteiger partial charge in [0.25, 0.3) is 5.91 Å². The third-order valence-electron chi connectivity index (χ3n) is 3.72. The van der Waals surface area contributed by atoms with Crippen molar-refractivity contribution in [1.82, 2.24) is 9.47 Å². The molecule has 0 N–H and O–H groups in total. The van der Waals surface area contributed by atoms with Crippen molar-refractivity contribution >= 4 is 17.2 Å². The number of hydrogen-bond donors (Lipinski definition) is 0. The van der Waals surface area contributed by atoms with E-state index in [1.807, 2.05) is 40.9 Å². The average molecular weight is 290 g/mol.